The van der Waals surface area contributed by atoms with Crippen molar-refractivity contribution in [3.8, 4) is 11.5 Å². The first-order valence-corrected chi connectivity index (χ1v) is 8.51. The highest BCUT2D eigenvalue weighted by Crippen LogP contribution is 2.32. The Bertz CT molecular complexity index is 915. The molecular weight excluding hydrogens is 342 g/mol. The van der Waals surface area contributed by atoms with Crippen LogP contribution < -0.4 is 26.8 Å². The summed E-state index contributed by atoms with van der Waals surface area (Å²) in [6.45, 7) is 1.03. The van der Waals surface area contributed by atoms with Gasteiger partial charge in [-0.25, -0.2) is 4.98 Å². The lowest BCUT2D eigenvalue weighted by atomic mass is 10.2. The third kappa shape index (κ3) is 4.74. The van der Waals surface area contributed by atoms with Gasteiger partial charge >= 0.3 is 0 Å². The average Bonchev–Trinajstić information content (AvgIpc) is 2.68. The van der Waals surface area contributed by atoms with Gasteiger partial charge in [0.1, 0.15) is 17.4 Å². The molecule has 1 amide bonds. The first-order chi connectivity index (χ1) is 13.2. The Kier molecular flexibility index (Phi) is 5.86. The van der Waals surface area contributed by atoms with E-state index in [0.29, 0.717) is 41.9 Å². The minimum atomic E-state index is -0.572. The summed E-state index contributed by atoms with van der Waals surface area (Å²) >= 11 is 0. The Morgan fingerprint density at radius 1 is 1.00 bits per heavy atom. The number of para-hydroxylation sites is 3. The fourth-order valence-corrected chi connectivity index (χ4v) is 2.45. The number of amides is 1. The molecule has 6 N–H and O–H groups in total. The van der Waals surface area contributed by atoms with Crippen LogP contribution in [0.4, 0.5) is 17.3 Å². The van der Waals surface area contributed by atoms with Crippen LogP contribution in [-0.2, 0) is 0 Å². The van der Waals surface area contributed by atoms with Crippen molar-refractivity contribution in [2.75, 3.05) is 23.7 Å². The van der Waals surface area contributed by atoms with E-state index in [4.69, 9.17) is 16.2 Å². The fraction of sp³-hybridized carbons (Fsp3) is 0.100. The van der Waals surface area contributed by atoms with Crippen molar-refractivity contribution in [1.82, 2.24) is 4.98 Å². The van der Waals surface area contributed by atoms with Gasteiger partial charge in [0, 0.05) is 13.1 Å². The van der Waals surface area contributed by atoms with Crippen molar-refractivity contribution in [2.45, 2.75) is 0 Å². The molecule has 0 bridgehead atoms. The van der Waals surface area contributed by atoms with Crippen molar-refractivity contribution in [1.29, 1.82) is 0 Å². The Morgan fingerprint density at radius 2 is 1.74 bits per heavy atom. The summed E-state index contributed by atoms with van der Waals surface area (Å²) in [6.07, 6.45) is 0. The van der Waals surface area contributed by atoms with Crippen molar-refractivity contribution in [2.24, 2.45) is 11.5 Å². The highest BCUT2D eigenvalue weighted by molar-refractivity contribution is 5.98. The summed E-state index contributed by atoms with van der Waals surface area (Å²) < 4.78 is 5.94. The highest BCUT2D eigenvalue weighted by atomic mass is 16.5. The third-order valence-electron chi connectivity index (χ3n) is 3.72. The number of carbonyl (C=O) groups excluding carboxylic acids is 1. The number of aromatic nitrogens is 1. The molecule has 1 aromatic heterocycles. The molecule has 0 fully saturated rings. The van der Waals surface area contributed by atoms with Gasteiger partial charge in [0.2, 0.25) is 0 Å². The summed E-state index contributed by atoms with van der Waals surface area (Å²) in [5, 5.41) is 6.23. The molecule has 0 unspecified atom stereocenters. The van der Waals surface area contributed by atoms with Crippen LogP contribution in [0.3, 0.4) is 0 Å². The Morgan fingerprint density at radius 3 is 2.48 bits per heavy atom. The van der Waals surface area contributed by atoms with Crippen molar-refractivity contribution in [3.05, 3.63) is 72.3 Å². The number of ether oxygens (including phenoxy) is 1. The number of rotatable bonds is 8. The lowest BCUT2D eigenvalue weighted by Gasteiger charge is -2.15. The Hall–Kier alpha value is -3.58. The number of pyridine rings is 1. The smallest absolute Gasteiger partial charge is 0.252 e. The zero-order valence-electron chi connectivity index (χ0n) is 14.7. The van der Waals surface area contributed by atoms with Crippen LogP contribution in [0.2, 0.25) is 0 Å². The molecule has 0 saturated carbocycles. The van der Waals surface area contributed by atoms with E-state index in [1.54, 1.807) is 12.1 Å². The predicted octanol–water partition coefficient (Wildman–Crippen LogP) is 3.09. The molecule has 7 nitrogen and oxygen atoms in total. The normalized spacial score (nSPS) is 10.3. The van der Waals surface area contributed by atoms with E-state index in [-0.39, 0.29) is 5.56 Å². The standard InChI is InChI=1S/C20H21N5O2/c21-12-13-23-18-11-10-15(19(22)26)20(25-18)24-16-8-4-5-9-17(16)27-14-6-2-1-3-7-14/h1-11H,12-13,21H2,(H2,22,26)(H2,23,24,25). The lowest BCUT2D eigenvalue weighted by molar-refractivity contribution is 0.100. The van der Waals surface area contributed by atoms with E-state index in [1.807, 2.05) is 54.6 Å². The molecule has 0 aliphatic heterocycles. The summed E-state index contributed by atoms with van der Waals surface area (Å²) in [4.78, 5) is 16.2. The van der Waals surface area contributed by atoms with Gasteiger partial charge in [-0.3, -0.25) is 4.79 Å². The number of hydrogen-bond donors (Lipinski definition) is 4. The zero-order valence-corrected chi connectivity index (χ0v) is 14.7. The van der Waals surface area contributed by atoms with Crippen LogP contribution >= 0.6 is 0 Å². The van der Waals surface area contributed by atoms with E-state index in [9.17, 15) is 4.79 Å². The molecular formula is C20H21N5O2. The van der Waals surface area contributed by atoms with Crippen LogP contribution in [0.15, 0.2) is 66.7 Å². The van der Waals surface area contributed by atoms with Crippen LogP contribution in [-0.4, -0.2) is 24.0 Å². The van der Waals surface area contributed by atoms with Crippen LogP contribution in [0.5, 0.6) is 11.5 Å². The number of primary amides is 1. The predicted molar refractivity (Wildman–Crippen MR) is 107 cm³/mol. The Balaban J connectivity index is 1.91. The van der Waals surface area contributed by atoms with E-state index in [0.717, 1.165) is 0 Å². The van der Waals surface area contributed by atoms with Gasteiger partial charge in [0.05, 0.1) is 11.3 Å². The second-order valence-electron chi connectivity index (χ2n) is 5.71. The second-order valence-corrected chi connectivity index (χ2v) is 5.71. The molecule has 138 valence electrons. The van der Waals surface area contributed by atoms with Crippen molar-refractivity contribution in [3.63, 3.8) is 0 Å². The largest absolute Gasteiger partial charge is 0.455 e. The monoisotopic (exact) mass is 363 g/mol. The van der Waals surface area contributed by atoms with Gasteiger partial charge in [0.15, 0.2) is 5.75 Å². The van der Waals surface area contributed by atoms with E-state index in [2.05, 4.69) is 15.6 Å². The molecule has 2 aromatic carbocycles. The molecule has 0 spiro atoms. The first kappa shape index (κ1) is 18.2. The first-order valence-electron chi connectivity index (χ1n) is 8.51. The SMILES string of the molecule is NCCNc1ccc(C(N)=O)c(Nc2ccccc2Oc2ccccc2)n1. The van der Waals surface area contributed by atoms with Crippen LogP contribution in [0.1, 0.15) is 10.4 Å². The molecule has 0 atom stereocenters. The second kappa shape index (κ2) is 8.68. The topological polar surface area (TPSA) is 115 Å². The summed E-state index contributed by atoms with van der Waals surface area (Å²) in [7, 11) is 0. The molecule has 0 radical (unpaired) electrons. The summed E-state index contributed by atoms with van der Waals surface area (Å²) in [5.41, 5.74) is 11.9. The fourth-order valence-electron chi connectivity index (χ4n) is 2.45. The number of benzene rings is 2. The molecule has 0 saturated heterocycles. The number of nitrogens with zero attached hydrogens (tertiary/aromatic N) is 1. The third-order valence-corrected chi connectivity index (χ3v) is 3.72. The molecule has 7 heteroatoms. The van der Waals surface area contributed by atoms with E-state index < -0.39 is 5.91 Å². The van der Waals surface area contributed by atoms with Crippen molar-refractivity contribution < 1.29 is 9.53 Å². The molecule has 0 aliphatic rings. The number of carbonyl (C=O) groups is 1. The minimum Gasteiger partial charge on any atom is -0.455 e. The summed E-state index contributed by atoms with van der Waals surface area (Å²) in [6, 6.07) is 20.1. The molecule has 3 rings (SSSR count). The van der Waals surface area contributed by atoms with Gasteiger partial charge < -0.3 is 26.8 Å². The maximum atomic E-state index is 11.8. The number of nitrogens with one attached hydrogen (secondary N) is 2. The van der Waals surface area contributed by atoms with Gasteiger partial charge in [-0.1, -0.05) is 30.3 Å². The maximum Gasteiger partial charge on any atom is 0.252 e. The average molecular weight is 363 g/mol. The lowest BCUT2D eigenvalue weighted by Crippen LogP contribution is -2.17. The van der Waals surface area contributed by atoms with Gasteiger partial charge in [-0.2, -0.15) is 0 Å². The van der Waals surface area contributed by atoms with Crippen LogP contribution in [0.25, 0.3) is 0 Å². The molecule has 3 aromatic rings. The highest BCUT2D eigenvalue weighted by Gasteiger charge is 2.13. The number of hydrogen-bond acceptors (Lipinski definition) is 6. The van der Waals surface area contributed by atoms with Crippen molar-refractivity contribution >= 4 is 23.2 Å². The number of anilines is 3. The van der Waals surface area contributed by atoms with Gasteiger partial charge in [-0.15, -0.1) is 0 Å². The van der Waals surface area contributed by atoms with E-state index in [1.165, 1.54) is 0 Å². The maximum absolute atomic E-state index is 11.8. The van der Waals surface area contributed by atoms with Gasteiger partial charge in [0.25, 0.3) is 5.91 Å². The number of nitrogens with two attached hydrogens (primary N) is 2. The molecule has 1 heterocycles. The molecule has 0 aliphatic carbocycles. The Labute approximate surface area is 157 Å². The minimum absolute atomic E-state index is 0.280. The molecule has 27 heavy (non-hydrogen) atoms. The zero-order chi connectivity index (χ0) is 19.1. The summed E-state index contributed by atoms with van der Waals surface area (Å²) in [5.74, 6) is 1.66. The van der Waals surface area contributed by atoms with Gasteiger partial charge in [-0.05, 0) is 36.4 Å². The van der Waals surface area contributed by atoms with Crippen LogP contribution in [0, 0.1) is 0 Å². The quantitative estimate of drug-likeness (QED) is 0.489. The van der Waals surface area contributed by atoms with E-state index >= 15 is 0 Å².